The average molecular weight is 416 g/mol. The Morgan fingerprint density at radius 1 is 1.07 bits per heavy atom. The summed E-state index contributed by atoms with van der Waals surface area (Å²) < 4.78 is 5.43. The van der Waals surface area contributed by atoms with Crippen LogP contribution in [0.2, 0.25) is 0 Å². The molecule has 0 aromatic heterocycles. The third kappa shape index (κ3) is 5.46. The predicted octanol–water partition coefficient (Wildman–Crippen LogP) is 4.02. The minimum absolute atomic E-state index is 0.0572. The topological polar surface area (TPSA) is 61.9 Å². The second-order valence-electron chi connectivity index (χ2n) is 9.00. The van der Waals surface area contributed by atoms with Gasteiger partial charge in [-0.3, -0.25) is 4.79 Å². The van der Waals surface area contributed by atoms with E-state index in [2.05, 4.69) is 17.4 Å². The molecule has 1 aromatic rings. The van der Waals surface area contributed by atoms with Crippen LogP contribution in [0, 0.1) is 19.8 Å². The van der Waals surface area contributed by atoms with E-state index in [1.807, 2.05) is 25.8 Å². The van der Waals surface area contributed by atoms with Gasteiger partial charge < -0.3 is 19.9 Å². The van der Waals surface area contributed by atoms with E-state index < -0.39 is 0 Å². The smallest absolute Gasteiger partial charge is 0.317 e. The standard InChI is InChI=1S/C24H37N3O3/c1-17-14-19(15-18(2)22(17)30-4)16-26(3)24(29)25-21-10-12-27(13-11-21)23(28)20-8-6-5-7-9-20/h14-15,20-21H,5-13,16H2,1-4H3,(H,25,29). The van der Waals surface area contributed by atoms with Crippen LogP contribution in [0.1, 0.15) is 61.6 Å². The maximum absolute atomic E-state index is 12.7. The van der Waals surface area contributed by atoms with Crippen LogP contribution in [0.5, 0.6) is 5.75 Å². The zero-order valence-electron chi connectivity index (χ0n) is 19.0. The SMILES string of the molecule is COc1c(C)cc(CN(C)C(=O)NC2CCN(C(=O)C3CCCCC3)CC2)cc1C. The summed E-state index contributed by atoms with van der Waals surface area (Å²) in [4.78, 5) is 29.1. The van der Waals surface area contributed by atoms with Crippen molar-refractivity contribution in [2.24, 2.45) is 5.92 Å². The molecular weight excluding hydrogens is 378 g/mol. The minimum atomic E-state index is -0.0572. The number of hydrogen-bond acceptors (Lipinski definition) is 3. The number of carbonyl (C=O) groups is 2. The van der Waals surface area contributed by atoms with Gasteiger partial charge in [-0.05, 0) is 56.2 Å². The molecule has 3 amide bonds. The maximum atomic E-state index is 12.7. The molecule has 3 rings (SSSR count). The zero-order valence-corrected chi connectivity index (χ0v) is 19.0. The molecule has 1 saturated heterocycles. The lowest BCUT2D eigenvalue weighted by Crippen LogP contribution is -2.50. The highest BCUT2D eigenvalue weighted by Crippen LogP contribution is 2.27. The molecule has 1 aromatic carbocycles. The van der Waals surface area contributed by atoms with E-state index in [0.29, 0.717) is 12.5 Å². The number of benzene rings is 1. The second-order valence-corrected chi connectivity index (χ2v) is 9.00. The summed E-state index contributed by atoms with van der Waals surface area (Å²) in [5.41, 5.74) is 3.25. The molecule has 0 radical (unpaired) electrons. The Balaban J connectivity index is 1.46. The van der Waals surface area contributed by atoms with Gasteiger partial charge in [-0.25, -0.2) is 4.79 Å². The number of amides is 3. The number of aryl methyl sites for hydroxylation is 2. The van der Waals surface area contributed by atoms with E-state index in [-0.39, 0.29) is 18.0 Å². The van der Waals surface area contributed by atoms with Crippen LogP contribution in [-0.2, 0) is 11.3 Å². The molecule has 1 saturated carbocycles. The fraction of sp³-hybridized carbons (Fsp3) is 0.667. The molecular formula is C24H37N3O3. The van der Waals surface area contributed by atoms with Gasteiger partial charge in [0, 0.05) is 38.6 Å². The normalized spacial score (nSPS) is 18.2. The summed E-state index contributed by atoms with van der Waals surface area (Å²) in [6, 6.07) is 4.23. The summed E-state index contributed by atoms with van der Waals surface area (Å²) in [6.45, 7) is 6.10. The van der Waals surface area contributed by atoms with Gasteiger partial charge in [-0.15, -0.1) is 0 Å². The van der Waals surface area contributed by atoms with Crippen molar-refractivity contribution in [2.75, 3.05) is 27.2 Å². The molecule has 1 N–H and O–H groups in total. The van der Waals surface area contributed by atoms with Crippen LogP contribution < -0.4 is 10.1 Å². The largest absolute Gasteiger partial charge is 0.496 e. The van der Waals surface area contributed by atoms with Crippen molar-refractivity contribution < 1.29 is 14.3 Å². The number of nitrogens with zero attached hydrogens (tertiary/aromatic N) is 2. The Bertz CT molecular complexity index is 727. The number of rotatable bonds is 5. The highest BCUT2D eigenvalue weighted by Gasteiger charge is 2.29. The lowest BCUT2D eigenvalue weighted by molar-refractivity contribution is -0.137. The average Bonchev–Trinajstić information content (AvgIpc) is 2.74. The number of hydrogen-bond donors (Lipinski definition) is 1. The third-order valence-electron chi connectivity index (χ3n) is 6.58. The first kappa shape index (κ1) is 22.4. The minimum Gasteiger partial charge on any atom is -0.496 e. The molecule has 0 atom stereocenters. The van der Waals surface area contributed by atoms with Gasteiger partial charge in [0.1, 0.15) is 5.75 Å². The number of methoxy groups -OCH3 is 1. The maximum Gasteiger partial charge on any atom is 0.317 e. The van der Waals surface area contributed by atoms with Crippen molar-refractivity contribution in [3.05, 3.63) is 28.8 Å². The quantitative estimate of drug-likeness (QED) is 0.790. The molecule has 1 aliphatic heterocycles. The number of carbonyl (C=O) groups excluding carboxylic acids is 2. The third-order valence-corrected chi connectivity index (χ3v) is 6.58. The zero-order chi connectivity index (χ0) is 21.7. The van der Waals surface area contributed by atoms with Gasteiger partial charge in [-0.1, -0.05) is 31.4 Å². The monoisotopic (exact) mass is 415 g/mol. The highest BCUT2D eigenvalue weighted by atomic mass is 16.5. The molecule has 0 spiro atoms. The number of urea groups is 1. The summed E-state index contributed by atoms with van der Waals surface area (Å²) in [6.07, 6.45) is 7.39. The van der Waals surface area contributed by atoms with Crippen molar-refractivity contribution in [3.8, 4) is 5.75 Å². The Hall–Kier alpha value is -2.24. The fourth-order valence-electron chi connectivity index (χ4n) is 4.94. The molecule has 1 aliphatic carbocycles. The first-order valence-electron chi connectivity index (χ1n) is 11.3. The van der Waals surface area contributed by atoms with Crippen LogP contribution in [0.4, 0.5) is 4.79 Å². The van der Waals surface area contributed by atoms with Crippen LogP contribution >= 0.6 is 0 Å². The van der Waals surface area contributed by atoms with Crippen molar-refractivity contribution in [3.63, 3.8) is 0 Å². The number of ether oxygens (including phenoxy) is 1. The number of likely N-dealkylation sites (tertiary alicyclic amines) is 1. The molecule has 6 nitrogen and oxygen atoms in total. The van der Waals surface area contributed by atoms with Crippen molar-refractivity contribution in [1.29, 1.82) is 0 Å². The van der Waals surface area contributed by atoms with Gasteiger partial charge in [0.25, 0.3) is 0 Å². The molecule has 2 aliphatic rings. The first-order valence-corrected chi connectivity index (χ1v) is 11.3. The predicted molar refractivity (Wildman–Crippen MR) is 119 cm³/mol. The summed E-state index contributed by atoms with van der Waals surface area (Å²) >= 11 is 0. The Morgan fingerprint density at radius 3 is 2.23 bits per heavy atom. The van der Waals surface area contributed by atoms with E-state index in [1.54, 1.807) is 12.0 Å². The molecule has 0 bridgehead atoms. The Labute approximate surface area is 180 Å². The molecule has 0 unspecified atom stereocenters. The van der Waals surface area contributed by atoms with Gasteiger partial charge >= 0.3 is 6.03 Å². The molecule has 1 heterocycles. The molecule has 166 valence electrons. The highest BCUT2D eigenvalue weighted by molar-refractivity contribution is 5.79. The summed E-state index contributed by atoms with van der Waals surface area (Å²) in [5.74, 6) is 1.47. The lowest BCUT2D eigenvalue weighted by atomic mass is 9.87. The summed E-state index contributed by atoms with van der Waals surface area (Å²) in [5, 5.41) is 3.15. The Kier molecular flexibility index (Phi) is 7.62. The van der Waals surface area contributed by atoms with Crippen molar-refractivity contribution in [1.82, 2.24) is 15.1 Å². The summed E-state index contributed by atoms with van der Waals surface area (Å²) in [7, 11) is 3.51. The van der Waals surface area contributed by atoms with Gasteiger partial charge in [-0.2, -0.15) is 0 Å². The van der Waals surface area contributed by atoms with Gasteiger partial charge in [0.2, 0.25) is 5.91 Å². The van der Waals surface area contributed by atoms with E-state index in [9.17, 15) is 9.59 Å². The molecule has 6 heteroatoms. The first-order chi connectivity index (χ1) is 14.4. The number of nitrogens with one attached hydrogen (secondary N) is 1. The second kappa shape index (κ2) is 10.2. The van der Waals surface area contributed by atoms with E-state index in [1.165, 1.54) is 19.3 Å². The van der Waals surface area contributed by atoms with Crippen LogP contribution in [0.15, 0.2) is 12.1 Å². The Morgan fingerprint density at radius 2 is 1.67 bits per heavy atom. The fourth-order valence-corrected chi connectivity index (χ4v) is 4.94. The van der Waals surface area contributed by atoms with E-state index >= 15 is 0 Å². The van der Waals surface area contributed by atoms with Gasteiger partial charge in [0.15, 0.2) is 0 Å². The van der Waals surface area contributed by atoms with Gasteiger partial charge in [0.05, 0.1) is 7.11 Å². The van der Waals surface area contributed by atoms with Crippen LogP contribution in [-0.4, -0.2) is 55.0 Å². The lowest BCUT2D eigenvalue weighted by Gasteiger charge is -2.36. The van der Waals surface area contributed by atoms with Crippen molar-refractivity contribution >= 4 is 11.9 Å². The molecule has 30 heavy (non-hydrogen) atoms. The van der Waals surface area contributed by atoms with Crippen LogP contribution in [0.25, 0.3) is 0 Å². The van der Waals surface area contributed by atoms with Crippen molar-refractivity contribution in [2.45, 2.75) is 71.4 Å². The molecule has 2 fully saturated rings. The van der Waals surface area contributed by atoms with Crippen LogP contribution in [0.3, 0.4) is 0 Å². The number of piperidine rings is 1. The van der Waals surface area contributed by atoms with E-state index in [0.717, 1.165) is 61.2 Å². The van der Waals surface area contributed by atoms with E-state index in [4.69, 9.17) is 4.74 Å².